The van der Waals surface area contributed by atoms with Gasteiger partial charge in [-0.1, -0.05) is 45.1 Å². The van der Waals surface area contributed by atoms with Crippen molar-refractivity contribution in [2.45, 2.75) is 52.9 Å². The Bertz CT molecular complexity index is 625. The topological polar surface area (TPSA) is 29.1 Å². The SMILES string of the molecule is C=C(/C=C\C=C(/C)F)NC(=O)c1cccc2c1CCCCC2.CC. The van der Waals surface area contributed by atoms with Crippen molar-refractivity contribution in [3.05, 3.63) is 71.2 Å². The number of rotatable bonds is 4. The van der Waals surface area contributed by atoms with Crippen molar-refractivity contribution < 1.29 is 9.18 Å². The number of halogens is 1. The zero-order chi connectivity index (χ0) is 17.9. The molecule has 2 nitrogen and oxygen atoms in total. The van der Waals surface area contributed by atoms with Gasteiger partial charge in [0.1, 0.15) is 0 Å². The first-order valence-corrected chi connectivity index (χ1v) is 8.69. The van der Waals surface area contributed by atoms with Crippen LogP contribution in [0.3, 0.4) is 0 Å². The summed E-state index contributed by atoms with van der Waals surface area (Å²) in [6, 6.07) is 5.91. The third-order valence-corrected chi connectivity index (χ3v) is 3.79. The highest BCUT2D eigenvalue weighted by atomic mass is 19.1. The number of carbonyl (C=O) groups is 1. The second kappa shape index (κ2) is 10.6. The van der Waals surface area contributed by atoms with Crippen molar-refractivity contribution in [1.82, 2.24) is 5.32 Å². The van der Waals surface area contributed by atoms with Crippen LogP contribution in [0.2, 0.25) is 0 Å². The average molecular weight is 329 g/mol. The molecule has 0 saturated heterocycles. The van der Waals surface area contributed by atoms with E-state index >= 15 is 0 Å². The number of hydrogen-bond acceptors (Lipinski definition) is 1. The minimum Gasteiger partial charge on any atom is -0.323 e. The molecule has 0 bridgehead atoms. The van der Waals surface area contributed by atoms with E-state index in [0.717, 1.165) is 30.4 Å². The van der Waals surface area contributed by atoms with Gasteiger partial charge in [-0.25, -0.2) is 4.39 Å². The fourth-order valence-corrected chi connectivity index (χ4v) is 2.72. The highest BCUT2D eigenvalue weighted by Gasteiger charge is 2.16. The van der Waals surface area contributed by atoms with Crippen LogP contribution < -0.4 is 5.32 Å². The van der Waals surface area contributed by atoms with E-state index in [1.165, 1.54) is 37.5 Å². The molecule has 1 amide bonds. The van der Waals surface area contributed by atoms with Crippen LogP contribution in [0.25, 0.3) is 0 Å². The van der Waals surface area contributed by atoms with Crippen LogP contribution in [0.15, 0.2) is 54.5 Å². The van der Waals surface area contributed by atoms with Gasteiger partial charge in [0, 0.05) is 11.3 Å². The highest BCUT2D eigenvalue weighted by molar-refractivity contribution is 5.97. The third kappa shape index (κ3) is 6.15. The van der Waals surface area contributed by atoms with Gasteiger partial charge < -0.3 is 5.32 Å². The number of allylic oxidation sites excluding steroid dienone is 4. The maximum Gasteiger partial charge on any atom is 0.255 e. The molecule has 0 unspecified atom stereocenters. The van der Waals surface area contributed by atoms with Crippen LogP contribution in [0.4, 0.5) is 4.39 Å². The van der Waals surface area contributed by atoms with Crippen molar-refractivity contribution in [1.29, 1.82) is 0 Å². The summed E-state index contributed by atoms with van der Waals surface area (Å²) in [5.41, 5.74) is 3.62. The lowest BCUT2D eigenvalue weighted by Crippen LogP contribution is -2.23. The number of aryl methyl sites for hydroxylation is 1. The summed E-state index contributed by atoms with van der Waals surface area (Å²) in [6.07, 6.45) is 9.95. The number of hydrogen-bond donors (Lipinski definition) is 1. The van der Waals surface area contributed by atoms with Crippen molar-refractivity contribution in [3.63, 3.8) is 0 Å². The van der Waals surface area contributed by atoms with Crippen LogP contribution >= 0.6 is 0 Å². The molecule has 1 aliphatic rings. The van der Waals surface area contributed by atoms with Gasteiger partial charge in [-0.2, -0.15) is 0 Å². The molecule has 2 rings (SSSR count). The molecule has 0 aliphatic heterocycles. The minimum absolute atomic E-state index is 0.144. The number of fused-ring (bicyclic) bond motifs is 1. The van der Waals surface area contributed by atoms with Crippen molar-refractivity contribution in [3.8, 4) is 0 Å². The minimum atomic E-state index is -0.288. The second-order valence-electron chi connectivity index (χ2n) is 5.60. The Kier molecular flexibility index (Phi) is 8.77. The summed E-state index contributed by atoms with van der Waals surface area (Å²) < 4.78 is 12.6. The van der Waals surface area contributed by atoms with Crippen molar-refractivity contribution in [2.24, 2.45) is 0 Å². The molecule has 0 atom stereocenters. The van der Waals surface area contributed by atoms with Crippen LogP contribution in [0, 0.1) is 0 Å². The lowest BCUT2D eigenvalue weighted by atomic mass is 9.96. The summed E-state index contributed by atoms with van der Waals surface area (Å²) in [7, 11) is 0. The molecule has 0 saturated carbocycles. The van der Waals surface area contributed by atoms with E-state index in [0.29, 0.717) is 5.70 Å². The van der Waals surface area contributed by atoms with E-state index in [-0.39, 0.29) is 11.7 Å². The number of amides is 1. The highest BCUT2D eigenvalue weighted by Crippen LogP contribution is 2.24. The van der Waals surface area contributed by atoms with Gasteiger partial charge in [-0.05, 0) is 62.0 Å². The van der Waals surface area contributed by atoms with Crippen LogP contribution in [-0.4, -0.2) is 5.91 Å². The maximum atomic E-state index is 12.6. The molecular formula is C21H28FNO. The van der Waals surface area contributed by atoms with Gasteiger partial charge in [-0.15, -0.1) is 0 Å². The molecule has 0 radical (unpaired) electrons. The molecular weight excluding hydrogens is 301 g/mol. The van der Waals surface area contributed by atoms with Gasteiger partial charge in [-0.3, -0.25) is 4.79 Å². The monoisotopic (exact) mass is 329 g/mol. The molecule has 0 heterocycles. The Labute approximate surface area is 145 Å². The van der Waals surface area contributed by atoms with E-state index < -0.39 is 0 Å². The van der Waals surface area contributed by atoms with Crippen LogP contribution in [-0.2, 0) is 12.8 Å². The predicted octanol–water partition coefficient (Wildman–Crippen LogP) is 5.65. The molecule has 1 aromatic carbocycles. The van der Waals surface area contributed by atoms with E-state index in [1.807, 2.05) is 26.0 Å². The van der Waals surface area contributed by atoms with E-state index in [2.05, 4.69) is 18.0 Å². The standard InChI is InChI=1S/C19H22FNO.C2H6/c1-14(20)8-6-9-15(2)21-19(22)18-13-7-11-16-10-4-3-5-12-17(16)18;1-2/h6-9,11,13H,2-5,10,12H2,1H3,(H,21,22);1-2H3/b9-6-,14-8+;. The Morgan fingerprint density at radius 2 is 1.92 bits per heavy atom. The molecule has 24 heavy (non-hydrogen) atoms. The van der Waals surface area contributed by atoms with Gasteiger partial charge in [0.25, 0.3) is 5.91 Å². The van der Waals surface area contributed by atoms with E-state index in [1.54, 1.807) is 6.08 Å². The van der Waals surface area contributed by atoms with E-state index in [9.17, 15) is 9.18 Å². The summed E-state index contributed by atoms with van der Waals surface area (Å²) in [4.78, 5) is 12.4. The van der Waals surface area contributed by atoms with Gasteiger partial charge >= 0.3 is 0 Å². The molecule has 1 aliphatic carbocycles. The first kappa shape index (κ1) is 19.9. The van der Waals surface area contributed by atoms with Gasteiger partial charge in [0.15, 0.2) is 0 Å². The number of carbonyl (C=O) groups excluding carboxylic acids is 1. The predicted molar refractivity (Wildman–Crippen MR) is 99.7 cm³/mol. The first-order chi connectivity index (χ1) is 11.6. The van der Waals surface area contributed by atoms with Crippen LogP contribution in [0.1, 0.15) is 61.5 Å². The summed E-state index contributed by atoms with van der Waals surface area (Å²) in [6.45, 7) is 9.14. The van der Waals surface area contributed by atoms with Crippen molar-refractivity contribution in [2.75, 3.05) is 0 Å². The molecule has 1 aromatic rings. The van der Waals surface area contributed by atoms with Crippen molar-refractivity contribution >= 4 is 5.91 Å². The number of benzene rings is 1. The van der Waals surface area contributed by atoms with Gasteiger partial charge in [0.05, 0.1) is 5.83 Å². The smallest absolute Gasteiger partial charge is 0.255 e. The summed E-state index contributed by atoms with van der Waals surface area (Å²) in [5, 5.41) is 2.77. The van der Waals surface area contributed by atoms with E-state index in [4.69, 9.17) is 0 Å². The normalized spacial score (nSPS) is 14.2. The van der Waals surface area contributed by atoms with Gasteiger partial charge in [0.2, 0.25) is 0 Å². The Morgan fingerprint density at radius 3 is 2.62 bits per heavy atom. The number of nitrogens with one attached hydrogen (secondary N) is 1. The van der Waals surface area contributed by atoms with Crippen LogP contribution in [0.5, 0.6) is 0 Å². The first-order valence-electron chi connectivity index (χ1n) is 8.69. The molecule has 0 fully saturated rings. The Hall–Kier alpha value is -2.16. The Balaban J connectivity index is 0.00000139. The third-order valence-electron chi connectivity index (χ3n) is 3.79. The molecule has 130 valence electrons. The fourth-order valence-electron chi connectivity index (χ4n) is 2.72. The molecule has 1 N–H and O–H groups in total. The second-order valence-corrected chi connectivity index (χ2v) is 5.60. The summed E-state index contributed by atoms with van der Waals surface area (Å²) >= 11 is 0. The molecule has 0 spiro atoms. The lowest BCUT2D eigenvalue weighted by Gasteiger charge is -2.12. The fraction of sp³-hybridized carbons (Fsp3) is 0.381. The molecule has 3 heteroatoms. The average Bonchev–Trinajstić information content (AvgIpc) is 2.81. The molecule has 0 aromatic heterocycles. The Morgan fingerprint density at radius 1 is 1.21 bits per heavy atom. The lowest BCUT2D eigenvalue weighted by molar-refractivity contribution is 0.0966. The zero-order valence-electron chi connectivity index (χ0n) is 15.0. The zero-order valence-corrected chi connectivity index (χ0v) is 15.0. The largest absolute Gasteiger partial charge is 0.323 e. The maximum absolute atomic E-state index is 12.6. The quantitative estimate of drug-likeness (QED) is 0.561. The summed E-state index contributed by atoms with van der Waals surface area (Å²) in [5.74, 6) is -0.432.